The van der Waals surface area contributed by atoms with Crippen LogP contribution in [0.5, 0.6) is 0 Å². The van der Waals surface area contributed by atoms with E-state index < -0.39 is 0 Å². The molecule has 2 rings (SSSR count). The number of hydrogen-bond donors (Lipinski definition) is 2. The Morgan fingerprint density at radius 1 is 1.24 bits per heavy atom. The van der Waals surface area contributed by atoms with Crippen molar-refractivity contribution in [3.8, 4) is 0 Å². The van der Waals surface area contributed by atoms with E-state index in [1.165, 1.54) is 0 Å². The van der Waals surface area contributed by atoms with Crippen LogP contribution in [0, 0.1) is 0 Å². The van der Waals surface area contributed by atoms with E-state index in [0.717, 1.165) is 18.4 Å². The van der Waals surface area contributed by atoms with Gasteiger partial charge in [0, 0.05) is 31.2 Å². The molecule has 3 N–H and O–H groups in total. The lowest BCUT2D eigenvalue weighted by Gasteiger charge is -2.32. The van der Waals surface area contributed by atoms with Crippen molar-refractivity contribution < 1.29 is 9.59 Å². The van der Waals surface area contributed by atoms with Gasteiger partial charge in [-0.3, -0.25) is 9.59 Å². The maximum atomic E-state index is 12.2. The largest absolute Gasteiger partial charge is 0.399 e. The summed E-state index contributed by atoms with van der Waals surface area (Å²) in [6, 6.07) is 7.62. The molecule has 0 saturated carbocycles. The van der Waals surface area contributed by atoms with Gasteiger partial charge in [0.25, 0.3) is 0 Å². The highest BCUT2D eigenvalue weighted by molar-refractivity contribution is 5.79. The van der Waals surface area contributed by atoms with E-state index in [4.69, 9.17) is 5.73 Å². The van der Waals surface area contributed by atoms with Crippen LogP contribution in [0.4, 0.5) is 5.69 Å². The molecule has 0 bridgehead atoms. The predicted octanol–water partition coefficient (Wildman–Crippen LogP) is 1.33. The number of rotatable bonds is 4. The molecule has 1 aromatic carbocycles. The molecule has 0 spiro atoms. The van der Waals surface area contributed by atoms with Gasteiger partial charge in [0.05, 0.1) is 6.42 Å². The molecule has 5 nitrogen and oxygen atoms in total. The molecule has 1 aliphatic rings. The standard InChI is InChI=1S/C16H23N3O2/c1-2-15(20)18-14-7-9-19(10-8-14)16(21)11-12-3-5-13(17)6-4-12/h3-6,14H,2,7-11,17H2,1H3,(H,18,20). The molecule has 114 valence electrons. The third-order valence-electron chi connectivity index (χ3n) is 3.87. The van der Waals surface area contributed by atoms with Gasteiger partial charge in [-0.25, -0.2) is 0 Å². The van der Waals surface area contributed by atoms with Crippen molar-refractivity contribution in [2.75, 3.05) is 18.8 Å². The first kappa shape index (κ1) is 15.4. The smallest absolute Gasteiger partial charge is 0.226 e. The van der Waals surface area contributed by atoms with Gasteiger partial charge in [0.15, 0.2) is 0 Å². The number of nitrogens with one attached hydrogen (secondary N) is 1. The van der Waals surface area contributed by atoms with Crippen molar-refractivity contribution in [3.05, 3.63) is 29.8 Å². The van der Waals surface area contributed by atoms with E-state index in [1.54, 1.807) is 0 Å². The molecule has 0 aromatic heterocycles. The number of anilines is 1. The molecule has 1 heterocycles. The first-order chi connectivity index (χ1) is 10.1. The average Bonchev–Trinajstić information content (AvgIpc) is 2.50. The summed E-state index contributed by atoms with van der Waals surface area (Å²) in [5.74, 6) is 0.224. The number of amides is 2. The Morgan fingerprint density at radius 2 is 1.86 bits per heavy atom. The fourth-order valence-electron chi connectivity index (χ4n) is 2.52. The molecule has 21 heavy (non-hydrogen) atoms. The summed E-state index contributed by atoms with van der Waals surface area (Å²) in [4.78, 5) is 25.5. The fourth-order valence-corrected chi connectivity index (χ4v) is 2.52. The second-order valence-corrected chi connectivity index (χ2v) is 5.49. The van der Waals surface area contributed by atoms with Crippen LogP contribution in [0.3, 0.4) is 0 Å². The molecule has 0 aliphatic carbocycles. The molecule has 5 heteroatoms. The Labute approximate surface area is 125 Å². The van der Waals surface area contributed by atoms with Crippen molar-refractivity contribution in [1.82, 2.24) is 10.2 Å². The number of nitrogen functional groups attached to an aromatic ring is 1. The highest BCUT2D eigenvalue weighted by Gasteiger charge is 2.23. The highest BCUT2D eigenvalue weighted by atomic mass is 16.2. The lowest BCUT2D eigenvalue weighted by Crippen LogP contribution is -2.46. The number of carbonyl (C=O) groups is 2. The minimum absolute atomic E-state index is 0.0849. The fraction of sp³-hybridized carbons (Fsp3) is 0.500. The van der Waals surface area contributed by atoms with Crippen molar-refractivity contribution in [3.63, 3.8) is 0 Å². The van der Waals surface area contributed by atoms with E-state index in [9.17, 15) is 9.59 Å². The molecule has 2 amide bonds. The Morgan fingerprint density at radius 3 is 2.43 bits per heavy atom. The Balaban J connectivity index is 1.80. The Hall–Kier alpha value is -2.04. The number of nitrogens with zero attached hydrogens (tertiary/aromatic N) is 1. The van der Waals surface area contributed by atoms with E-state index in [2.05, 4.69) is 5.32 Å². The van der Waals surface area contributed by atoms with Crippen molar-refractivity contribution in [1.29, 1.82) is 0 Å². The third kappa shape index (κ3) is 4.48. The van der Waals surface area contributed by atoms with E-state index in [1.807, 2.05) is 36.1 Å². The number of hydrogen-bond acceptors (Lipinski definition) is 3. The van der Waals surface area contributed by atoms with Crippen LogP contribution < -0.4 is 11.1 Å². The van der Waals surface area contributed by atoms with Crippen LogP contribution in [-0.2, 0) is 16.0 Å². The van der Waals surface area contributed by atoms with E-state index in [0.29, 0.717) is 31.6 Å². The minimum Gasteiger partial charge on any atom is -0.399 e. The summed E-state index contributed by atoms with van der Waals surface area (Å²) in [7, 11) is 0. The molecule has 1 aromatic rings. The summed E-state index contributed by atoms with van der Waals surface area (Å²) in [5.41, 5.74) is 7.33. The van der Waals surface area contributed by atoms with Crippen LogP contribution in [-0.4, -0.2) is 35.8 Å². The van der Waals surface area contributed by atoms with Gasteiger partial charge < -0.3 is 16.0 Å². The quantitative estimate of drug-likeness (QED) is 0.821. The van der Waals surface area contributed by atoms with E-state index >= 15 is 0 Å². The van der Waals surface area contributed by atoms with Gasteiger partial charge >= 0.3 is 0 Å². The summed E-state index contributed by atoms with van der Waals surface area (Å²) >= 11 is 0. The predicted molar refractivity (Wildman–Crippen MR) is 82.6 cm³/mol. The second-order valence-electron chi connectivity index (χ2n) is 5.49. The Bertz CT molecular complexity index is 491. The normalized spacial score (nSPS) is 15.8. The zero-order valence-electron chi connectivity index (χ0n) is 12.5. The molecule has 1 saturated heterocycles. The molecule has 1 aliphatic heterocycles. The van der Waals surface area contributed by atoms with Crippen LogP contribution in [0.2, 0.25) is 0 Å². The minimum atomic E-state index is 0.0849. The highest BCUT2D eigenvalue weighted by Crippen LogP contribution is 2.13. The van der Waals surface area contributed by atoms with Crippen LogP contribution in [0.25, 0.3) is 0 Å². The molecular weight excluding hydrogens is 266 g/mol. The zero-order valence-corrected chi connectivity index (χ0v) is 12.5. The summed E-state index contributed by atoms with van der Waals surface area (Å²) < 4.78 is 0. The van der Waals surface area contributed by atoms with Gasteiger partial charge in [-0.2, -0.15) is 0 Å². The SMILES string of the molecule is CCC(=O)NC1CCN(C(=O)Cc2ccc(N)cc2)CC1. The maximum absolute atomic E-state index is 12.2. The summed E-state index contributed by atoms with van der Waals surface area (Å²) in [5, 5.41) is 2.99. The van der Waals surface area contributed by atoms with Crippen LogP contribution in [0.15, 0.2) is 24.3 Å². The topological polar surface area (TPSA) is 75.4 Å². The average molecular weight is 289 g/mol. The molecule has 0 radical (unpaired) electrons. The number of carbonyl (C=O) groups excluding carboxylic acids is 2. The van der Waals surface area contributed by atoms with Gasteiger partial charge in [-0.1, -0.05) is 19.1 Å². The zero-order chi connectivity index (χ0) is 15.2. The number of likely N-dealkylation sites (tertiary alicyclic amines) is 1. The van der Waals surface area contributed by atoms with E-state index in [-0.39, 0.29) is 17.9 Å². The van der Waals surface area contributed by atoms with Gasteiger partial charge in [0.2, 0.25) is 11.8 Å². The molecule has 0 atom stereocenters. The van der Waals surface area contributed by atoms with Gasteiger partial charge in [-0.15, -0.1) is 0 Å². The van der Waals surface area contributed by atoms with Crippen LogP contribution >= 0.6 is 0 Å². The monoisotopic (exact) mass is 289 g/mol. The first-order valence-electron chi connectivity index (χ1n) is 7.50. The number of nitrogens with two attached hydrogens (primary N) is 1. The van der Waals surface area contributed by atoms with Crippen molar-refractivity contribution in [2.45, 2.75) is 38.6 Å². The third-order valence-corrected chi connectivity index (χ3v) is 3.87. The van der Waals surface area contributed by atoms with Crippen LogP contribution in [0.1, 0.15) is 31.7 Å². The molecular formula is C16H23N3O2. The molecule has 1 fully saturated rings. The number of benzene rings is 1. The van der Waals surface area contributed by atoms with Gasteiger partial charge in [-0.05, 0) is 30.5 Å². The maximum Gasteiger partial charge on any atom is 0.226 e. The van der Waals surface area contributed by atoms with Gasteiger partial charge in [0.1, 0.15) is 0 Å². The Kier molecular flexibility index (Phi) is 5.20. The molecule has 0 unspecified atom stereocenters. The van der Waals surface area contributed by atoms with Crippen molar-refractivity contribution in [2.24, 2.45) is 0 Å². The number of piperidine rings is 1. The lowest BCUT2D eigenvalue weighted by molar-refractivity contribution is -0.131. The lowest BCUT2D eigenvalue weighted by atomic mass is 10.0. The summed E-state index contributed by atoms with van der Waals surface area (Å²) in [6.45, 7) is 3.27. The second kappa shape index (κ2) is 7.11. The van der Waals surface area contributed by atoms with Crippen molar-refractivity contribution >= 4 is 17.5 Å². The first-order valence-corrected chi connectivity index (χ1v) is 7.50. The summed E-state index contributed by atoms with van der Waals surface area (Å²) in [6.07, 6.45) is 2.58.